The predicted molar refractivity (Wildman–Crippen MR) is 71.1 cm³/mol. The molecule has 1 amide bonds. The number of nitrogens with zero attached hydrogens (tertiary/aromatic N) is 1. The monoisotopic (exact) mass is 260 g/mol. The zero-order valence-corrected chi connectivity index (χ0v) is 10.9. The van der Waals surface area contributed by atoms with Gasteiger partial charge in [0.05, 0.1) is 6.26 Å². The molecular formula is C14H16N2O3. The molecule has 0 aliphatic carbocycles. The van der Waals surface area contributed by atoms with Gasteiger partial charge in [0.15, 0.2) is 5.76 Å². The number of amides is 1. The van der Waals surface area contributed by atoms with E-state index in [-0.39, 0.29) is 17.6 Å². The number of nitrogens with one attached hydrogen (secondary N) is 1. The second kappa shape index (κ2) is 6.04. The van der Waals surface area contributed by atoms with E-state index in [4.69, 9.17) is 8.83 Å². The third-order valence-corrected chi connectivity index (χ3v) is 2.71. The molecule has 0 bridgehead atoms. The second-order valence-electron chi connectivity index (χ2n) is 4.32. The highest BCUT2D eigenvalue weighted by Gasteiger charge is 2.08. The number of hydrogen-bond donors (Lipinski definition) is 1. The van der Waals surface area contributed by atoms with Gasteiger partial charge >= 0.3 is 5.91 Å². The van der Waals surface area contributed by atoms with Crippen molar-refractivity contribution >= 4 is 12.1 Å². The first kappa shape index (κ1) is 13.1. The lowest BCUT2D eigenvalue weighted by Gasteiger charge is -2.03. The van der Waals surface area contributed by atoms with E-state index < -0.39 is 0 Å². The highest BCUT2D eigenvalue weighted by molar-refractivity contribution is 5.91. The molecule has 2 rings (SSSR count). The topological polar surface area (TPSA) is 67.7 Å². The number of hydrogen-bond acceptors (Lipinski definition) is 4. The number of rotatable bonds is 5. The molecule has 2 aromatic heterocycles. The van der Waals surface area contributed by atoms with Crippen molar-refractivity contribution in [2.24, 2.45) is 5.10 Å². The fourth-order valence-electron chi connectivity index (χ4n) is 1.61. The van der Waals surface area contributed by atoms with Gasteiger partial charge in [-0.15, -0.1) is 0 Å². The molecule has 0 saturated carbocycles. The predicted octanol–water partition coefficient (Wildman–Crippen LogP) is 3.09. The summed E-state index contributed by atoms with van der Waals surface area (Å²) in [5, 5.41) is 3.87. The van der Waals surface area contributed by atoms with Crippen LogP contribution in [0.25, 0.3) is 0 Å². The lowest BCUT2D eigenvalue weighted by atomic mass is 10.1. The summed E-state index contributed by atoms with van der Waals surface area (Å²) < 4.78 is 10.5. The largest absolute Gasteiger partial charge is 0.466 e. The normalized spacial score (nSPS) is 12.7. The van der Waals surface area contributed by atoms with Crippen molar-refractivity contribution in [2.75, 3.05) is 0 Å². The van der Waals surface area contributed by atoms with Crippen LogP contribution in [0.4, 0.5) is 0 Å². The Balaban J connectivity index is 1.79. The van der Waals surface area contributed by atoms with Crippen LogP contribution in [0.5, 0.6) is 0 Å². The molecule has 0 unspecified atom stereocenters. The van der Waals surface area contributed by atoms with Gasteiger partial charge in [0.25, 0.3) is 0 Å². The summed E-state index contributed by atoms with van der Waals surface area (Å²) in [6.07, 6.45) is 3.79. The zero-order chi connectivity index (χ0) is 13.7. The molecule has 1 N–H and O–H groups in total. The summed E-state index contributed by atoms with van der Waals surface area (Å²) in [6.45, 7) is 3.95. The lowest BCUT2D eigenvalue weighted by molar-refractivity contribution is 0.0927. The van der Waals surface area contributed by atoms with Crippen LogP contribution in [-0.4, -0.2) is 12.1 Å². The summed E-state index contributed by atoms with van der Waals surface area (Å²) in [6, 6.07) is 7.12. The van der Waals surface area contributed by atoms with E-state index in [0.29, 0.717) is 6.42 Å². The van der Waals surface area contributed by atoms with Crippen LogP contribution < -0.4 is 5.43 Å². The summed E-state index contributed by atoms with van der Waals surface area (Å²) >= 11 is 0. The summed E-state index contributed by atoms with van der Waals surface area (Å²) in [5.74, 6) is 1.92. The van der Waals surface area contributed by atoms with Gasteiger partial charge in [-0.05, 0) is 37.6 Å². The average molecular weight is 260 g/mol. The number of carbonyl (C=O) groups is 1. The molecular weight excluding hydrogens is 244 g/mol. The summed E-state index contributed by atoms with van der Waals surface area (Å²) in [4.78, 5) is 11.5. The van der Waals surface area contributed by atoms with E-state index in [2.05, 4.69) is 10.5 Å². The van der Waals surface area contributed by atoms with Crippen LogP contribution in [0.2, 0.25) is 0 Å². The van der Waals surface area contributed by atoms with Gasteiger partial charge in [-0.1, -0.05) is 6.92 Å². The number of hydrazone groups is 1. The number of furan rings is 2. The Bertz CT molecular complexity index is 555. The maximum absolute atomic E-state index is 11.5. The Labute approximate surface area is 111 Å². The summed E-state index contributed by atoms with van der Waals surface area (Å²) in [5.41, 5.74) is 2.40. The minimum atomic E-state index is -0.359. The fourth-order valence-corrected chi connectivity index (χ4v) is 1.61. The highest BCUT2D eigenvalue weighted by atomic mass is 16.3. The molecule has 2 heterocycles. The molecule has 0 fully saturated rings. The Morgan fingerprint density at radius 2 is 2.32 bits per heavy atom. The van der Waals surface area contributed by atoms with Gasteiger partial charge in [-0.25, -0.2) is 5.43 Å². The Kier molecular flexibility index (Phi) is 4.18. The molecule has 19 heavy (non-hydrogen) atoms. The van der Waals surface area contributed by atoms with Gasteiger partial charge in [0, 0.05) is 12.1 Å². The maximum Gasteiger partial charge on any atom is 0.307 e. The van der Waals surface area contributed by atoms with Crippen molar-refractivity contribution in [3.8, 4) is 0 Å². The third kappa shape index (κ3) is 3.58. The molecule has 0 aromatic carbocycles. The van der Waals surface area contributed by atoms with E-state index >= 15 is 0 Å². The number of carbonyl (C=O) groups excluding carboxylic acids is 1. The number of aryl methyl sites for hydroxylation is 1. The molecule has 0 aliphatic rings. The first-order valence-electron chi connectivity index (χ1n) is 6.08. The molecule has 0 radical (unpaired) electrons. The minimum Gasteiger partial charge on any atom is -0.466 e. The molecule has 2 aromatic rings. The quantitative estimate of drug-likeness (QED) is 0.663. The van der Waals surface area contributed by atoms with Crippen molar-refractivity contribution in [2.45, 2.75) is 26.2 Å². The first-order valence-corrected chi connectivity index (χ1v) is 6.08. The first-order chi connectivity index (χ1) is 9.16. The molecule has 0 saturated heterocycles. The third-order valence-electron chi connectivity index (χ3n) is 2.71. The van der Waals surface area contributed by atoms with Gasteiger partial charge in [0.1, 0.15) is 11.5 Å². The Hall–Kier alpha value is -2.30. The molecule has 0 aliphatic heterocycles. The van der Waals surface area contributed by atoms with Crippen LogP contribution in [0, 0.1) is 6.92 Å². The van der Waals surface area contributed by atoms with Crippen molar-refractivity contribution in [3.05, 3.63) is 47.8 Å². The van der Waals surface area contributed by atoms with Gasteiger partial charge in [-0.2, -0.15) is 5.10 Å². The molecule has 1 atom stereocenters. The van der Waals surface area contributed by atoms with Crippen LogP contribution in [0.15, 0.2) is 44.5 Å². The van der Waals surface area contributed by atoms with Crippen LogP contribution >= 0.6 is 0 Å². The second-order valence-corrected chi connectivity index (χ2v) is 4.32. The lowest BCUT2D eigenvalue weighted by Crippen LogP contribution is -2.16. The molecule has 5 nitrogen and oxygen atoms in total. The fraction of sp³-hybridized carbons (Fsp3) is 0.286. The van der Waals surface area contributed by atoms with Crippen molar-refractivity contribution in [3.63, 3.8) is 0 Å². The summed E-state index contributed by atoms with van der Waals surface area (Å²) in [7, 11) is 0. The van der Waals surface area contributed by atoms with Gasteiger partial charge in [-0.3, -0.25) is 4.79 Å². The minimum absolute atomic E-state index is 0.220. The molecule has 5 heteroatoms. The Morgan fingerprint density at radius 1 is 1.47 bits per heavy atom. The smallest absolute Gasteiger partial charge is 0.307 e. The van der Waals surface area contributed by atoms with Gasteiger partial charge < -0.3 is 8.83 Å². The van der Waals surface area contributed by atoms with Crippen LogP contribution in [0.3, 0.4) is 0 Å². The maximum atomic E-state index is 11.5. The van der Waals surface area contributed by atoms with Crippen LogP contribution in [0.1, 0.15) is 41.3 Å². The van der Waals surface area contributed by atoms with E-state index in [9.17, 15) is 4.79 Å². The van der Waals surface area contributed by atoms with Crippen molar-refractivity contribution < 1.29 is 13.6 Å². The average Bonchev–Trinajstić information content (AvgIpc) is 3.04. The van der Waals surface area contributed by atoms with Gasteiger partial charge in [0.2, 0.25) is 0 Å². The zero-order valence-electron chi connectivity index (χ0n) is 10.9. The Morgan fingerprint density at radius 3 is 2.95 bits per heavy atom. The van der Waals surface area contributed by atoms with E-state index in [0.717, 1.165) is 11.5 Å². The highest BCUT2D eigenvalue weighted by Crippen LogP contribution is 2.19. The molecule has 100 valence electrons. The van der Waals surface area contributed by atoms with E-state index in [1.165, 1.54) is 6.26 Å². The van der Waals surface area contributed by atoms with E-state index in [1.54, 1.807) is 18.3 Å². The van der Waals surface area contributed by atoms with Crippen molar-refractivity contribution in [1.29, 1.82) is 0 Å². The van der Waals surface area contributed by atoms with E-state index in [1.807, 2.05) is 26.0 Å². The van der Waals surface area contributed by atoms with Crippen molar-refractivity contribution in [1.82, 2.24) is 5.43 Å². The van der Waals surface area contributed by atoms with Crippen LogP contribution in [-0.2, 0) is 0 Å². The standard InChI is InChI=1S/C14H16N2O3/c1-10(12-6-5-11(2)19-12)7-8-15-16-14(17)13-4-3-9-18-13/h3-6,8-10H,7H2,1-2H3,(H,16,17)/b15-8-/t10-/m1/s1. The molecule has 0 spiro atoms. The SMILES string of the molecule is Cc1ccc([C@H](C)C/C=N\NC(=O)c2ccco2)o1.